The van der Waals surface area contributed by atoms with Crippen LogP contribution >= 0.6 is 0 Å². The van der Waals surface area contributed by atoms with Gasteiger partial charge >= 0.3 is 5.97 Å². The predicted octanol–water partition coefficient (Wildman–Crippen LogP) is 2.28. The van der Waals surface area contributed by atoms with Crippen molar-refractivity contribution in [2.45, 2.75) is 12.3 Å². The van der Waals surface area contributed by atoms with Crippen molar-refractivity contribution in [1.29, 1.82) is 0 Å². The third-order valence-electron chi connectivity index (χ3n) is 3.07. The summed E-state index contributed by atoms with van der Waals surface area (Å²) in [5.74, 6) is -3.86. The van der Waals surface area contributed by atoms with Crippen molar-refractivity contribution in [2.75, 3.05) is 0 Å². The molecule has 0 saturated heterocycles. The first-order valence-corrected chi connectivity index (χ1v) is 8.16. The molecule has 2 rings (SSSR count). The number of hydrogen-bond donors (Lipinski definition) is 2. The van der Waals surface area contributed by atoms with Crippen LogP contribution in [-0.2, 0) is 22.3 Å². The summed E-state index contributed by atoms with van der Waals surface area (Å²) in [5, 5.41) is 8.87. The third kappa shape index (κ3) is 4.57. The van der Waals surface area contributed by atoms with E-state index < -0.39 is 38.9 Å². The van der Waals surface area contributed by atoms with Crippen LogP contribution in [0.1, 0.15) is 21.5 Å². The molecule has 2 N–H and O–H groups in total. The molecule has 0 saturated carbocycles. The molecule has 8 heteroatoms. The van der Waals surface area contributed by atoms with Crippen molar-refractivity contribution in [3.05, 3.63) is 70.8 Å². The smallest absolute Gasteiger partial charge is 0.335 e. The normalized spacial score (nSPS) is 11.4. The Morgan fingerprint density at radius 1 is 1.09 bits per heavy atom. The van der Waals surface area contributed by atoms with Gasteiger partial charge in [-0.05, 0) is 29.8 Å². The average Bonchev–Trinajstić information content (AvgIpc) is 2.50. The maximum absolute atomic E-state index is 13.5. The SMILES string of the molecule is O=C(O)c1cccc(CNS(=O)(=O)Cc2c(F)cccc2F)c1. The van der Waals surface area contributed by atoms with E-state index in [1.165, 1.54) is 18.2 Å². The largest absolute Gasteiger partial charge is 0.478 e. The minimum atomic E-state index is -3.99. The number of carboxylic acids is 1. The van der Waals surface area contributed by atoms with E-state index in [0.29, 0.717) is 5.56 Å². The highest BCUT2D eigenvalue weighted by molar-refractivity contribution is 7.88. The summed E-state index contributed by atoms with van der Waals surface area (Å²) in [5.41, 5.74) is -0.108. The molecule has 0 spiro atoms. The molecule has 122 valence electrons. The van der Waals surface area contributed by atoms with Gasteiger partial charge in [0.05, 0.1) is 11.3 Å². The van der Waals surface area contributed by atoms with Crippen molar-refractivity contribution in [3.63, 3.8) is 0 Å². The van der Waals surface area contributed by atoms with Gasteiger partial charge in [0.15, 0.2) is 0 Å². The number of aromatic carboxylic acids is 1. The van der Waals surface area contributed by atoms with E-state index in [2.05, 4.69) is 4.72 Å². The molecule has 0 unspecified atom stereocenters. The monoisotopic (exact) mass is 341 g/mol. The molecular weight excluding hydrogens is 328 g/mol. The van der Waals surface area contributed by atoms with Gasteiger partial charge in [0, 0.05) is 12.1 Å². The molecule has 0 amide bonds. The lowest BCUT2D eigenvalue weighted by Crippen LogP contribution is -2.25. The van der Waals surface area contributed by atoms with E-state index in [1.54, 1.807) is 6.07 Å². The maximum Gasteiger partial charge on any atom is 0.335 e. The van der Waals surface area contributed by atoms with Gasteiger partial charge < -0.3 is 5.11 Å². The van der Waals surface area contributed by atoms with Crippen LogP contribution in [0.2, 0.25) is 0 Å². The fraction of sp³-hybridized carbons (Fsp3) is 0.133. The summed E-state index contributed by atoms with van der Waals surface area (Å²) in [6, 6.07) is 8.80. The second kappa shape index (κ2) is 6.84. The van der Waals surface area contributed by atoms with E-state index in [0.717, 1.165) is 18.2 Å². The first kappa shape index (κ1) is 17.0. The van der Waals surface area contributed by atoms with Gasteiger partial charge in [-0.15, -0.1) is 0 Å². The standard InChI is InChI=1S/C15H13F2NO4S/c16-13-5-2-6-14(17)12(13)9-23(21,22)18-8-10-3-1-4-11(7-10)15(19)20/h1-7,18H,8-9H2,(H,19,20). The van der Waals surface area contributed by atoms with Gasteiger partial charge in [-0.3, -0.25) is 0 Å². The topological polar surface area (TPSA) is 83.5 Å². The Bertz CT molecular complexity index is 817. The zero-order valence-corrected chi connectivity index (χ0v) is 12.6. The Balaban J connectivity index is 2.10. The highest BCUT2D eigenvalue weighted by Crippen LogP contribution is 2.15. The number of carboxylic acid groups (broad SMARTS) is 1. The lowest BCUT2D eigenvalue weighted by atomic mass is 10.1. The number of nitrogens with one attached hydrogen (secondary N) is 1. The molecule has 0 radical (unpaired) electrons. The molecule has 0 aliphatic heterocycles. The molecule has 0 bridgehead atoms. The first-order chi connectivity index (χ1) is 10.8. The molecule has 0 aliphatic rings. The molecule has 5 nitrogen and oxygen atoms in total. The quantitative estimate of drug-likeness (QED) is 0.844. The summed E-state index contributed by atoms with van der Waals surface area (Å²) in [7, 11) is -3.99. The van der Waals surface area contributed by atoms with Gasteiger partial charge in [0.1, 0.15) is 11.6 Å². The van der Waals surface area contributed by atoms with Crippen LogP contribution in [0.5, 0.6) is 0 Å². The molecule has 0 aromatic heterocycles. The van der Waals surface area contributed by atoms with E-state index in [4.69, 9.17) is 5.11 Å². The molecule has 2 aromatic carbocycles. The van der Waals surface area contributed by atoms with E-state index in [1.807, 2.05) is 0 Å². The van der Waals surface area contributed by atoms with Crippen molar-refractivity contribution in [1.82, 2.24) is 4.72 Å². The Kier molecular flexibility index (Phi) is 5.07. The van der Waals surface area contributed by atoms with Crippen molar-refractivity contribution < 1.29 is 27.1 Å². The first-order valence-electron chi connectivity index (χ1n) is 6.51. The lowest BCUT2D eigenvalue weighted by Gasteiger charge is -2.09. The zero-order chi connectivity index (χ0) is 17.0. The minimum absolute atomic E-state index is 0.0156. The summed E-state index contributed by atoms with van der Waals surface area (Å²) in [6.45, 7) is -0.181. The zero-order valence-electron chi connectivity index (χ0n) is 11.8. The van der Waals surface area contributed by atoms with Crippen LogP contribution < -0.4 is 4.72 Å². The summed E-state index contributed by atoms with van der Waals surface area (Å²) in [4.78, 5) is 10.8. The number of halogens is 2. The van der Waals surface area contributed by atoms with Crippen LogP contribution in [0.3, 0.4) is 0 Å². The van der Waals surface area contributed by atoms with Crippen molar-refractivity contribution in [2.24, 2.45) is 0 Å². The van der Waals surface area contributed by atoms with Crippen LogP contribution in [-0.4, -0.2) is 19.5 Å². The van der Waals surface area contributed by atoms with Crippen molar-refractivity contribution >= 4 is 16.0 Å². The number of rotatable bonds is 6. The molecule has 0 atom stereocenters. The third-order valence-corrected chi connectivity index (χ3v) is 4.32. The molecule has 23 heavy (non-hydrogen) atoms. The number of carbonyl (C=O) groups is 1. The van der Waals surface area contributed by atoms with Crippen LogP contribution in [0.25, 0.3) is 0 Å². The Morgan fingerprint density at radius 3 is 2.30 bits per heavy atom. The minimum Gasteiger partial charge on any atom is -0.478 e. The Morgan fingerprint density at radius 2 is 1.70 bits per heavy atom. The number of hydrogen-bond acceptors (Lipinski definition) is 3. The van der Waals surface area contributed by atoms with Gasteiger partial charge in [0.25, 0.3) is 0 Å². The average molecular weight is 341 g/mol. The fourth-order valence-electron chi connectivity index (χ4n) is 1.92. The van der Waals surface area contributed by atoms with E-state index in [-0.39, 0.29) is 12.1 Å². The highest BCUT2D eigenvalue weighted by atomic mass is 32.2. The summed E-state index contributed by atoms with van der Waals surface area (Å²) in [6.07, 6.45) is 0. The maximum atomic E-state index is 13.5. The van der Waals surface area contributed by atoms with Gasteiger partial charge in [-0.25, -0.2) is 26.7 Å². The summed E-state index contributed by atoms with van der Waals surface area (Å²) >= 11 is 0. The Hall–Kier alpha value is -2.32. The van der Waals surface area contributed by atoms with Gasteiger partial charge in [-0.1, -0.05) is 18.2 Å². The second-order valence-electron chi connectivity index (χ2n) is 4.79. The lowest BCUT2D eigenvalue weighted by molar-refractivity contribution is 0.0696. The fourth-order valence-corrected chi connectivity index (χ4v) is 3.06. The second-order valence-corrected chi connectivity index (χ2v) is 6.59. The number of benzene rings is 2. The van der Waals surface area contributed by atoms with Gasteiger partial charge in [0.2, 0.25) is 10.0 Å². The molecular formula is C15H13F2NO4S. The number of sulfonamides is 1. The van der Waals surface area contributed by atoms with Crippen molar-refractivity contribution in [3.8, 4) is 0 Å². The molecule has 0 aliphatic carbocycles. The van der Waals surface area contributed by atoms with E-state index in [9.17, 15) is 22.0 Å². The highest BCUT2D eigenvalue weighted by Gasteiger charge is 2.18. The van der Waals surface area contributed by atoms with Crippen LogP contribution in [0, 0.1) is 11.6 Å². The van der Waals surface area contributed by atoms with Crippen LogP contribution in [0.15, 0.2) is 42.5 Å². The van der Waals surface area contributed by atoms with Crippen LogP contribution in [0.4, 0.5) is 8.78 Å². The predicted molar refractivity (Wildman–Crippen MR) is 79.2 cm³/mol. The molecule has 0 heterocycles. The van der Waals surface area contributed by atoms with Gasteiger partial charge in [-0.2, -0.15) is 0 Å². The molecule has 2 aromatic rings. The molecule has 0 fully saturated rings. The summed E-state index contributed by atoms with van der Waals surface area (Å²) < 4.78 is 53.0. The van der Waals surface area contributed by atoms with E-state index >= 15 is 0 Å². The Labute approximate surface area is 131 Å².